The van der Waals surface area contributed by atoms with Crippen molar-refractivity contribution in [3.63, 3.8) is 0 Å². The zero-order valence-corrected chi connectivity index (χ0v) is 13.9. The lowest BCUT2D eigenvalue weighted by Crippen LogP contribution is -2.13. The predicted octanol–water partition coefficient (Wildman–Crippen LogP) is 1.49. The van der Waals surface area contributed by atoms with E-state index in [-0.39, 0.29) is 5.56 Å². The Hall–Kier alpha value is -3.19. The number of H-pyrrole nitrogens is 2. The molecule has 8 heteroatoms. The van der Waals surface area contributed by atoms with Gasteiger partial charge in [-0.05, 0) is 31.2 Å². The van der Waals surface area contributed by atoms with Gasteiger partial charge in [0.05, 0.1) is 17.4 Å². The molecular formula is C17H13ClN6O. The van der Waals surface area contributed by atoms with E-state index in [1.165, 1.54) is 0 Å². The smallest absolute Gasteiger partial charge is 0.271 e. The van der Waals surface area contributed by atoms with Crippen molar-refractivity contribution in [2.45, 2.75) is 6.92 Å². The molecule has 0 spiro atoms. The summed E-state index contributed by atoms with van der Waals surface area (Å²) in [6, 6.07) is 9.00. The first kappa shape index (κ1) is 15.3. The molecule has 25 heavy (non-hydrogen) atoms. The molecule has 0 amide bonds. The molecule has 4 aromatic rings. The highest BCUT2D eigenvalue weighted by molar-refractivity contribution is 6.30. The zero-order valence-electron chi connectivity index (χ0n) is 13.2. The third-order valence-corrected chi connectivity index (χ3v) is 3.98. The molecule has 0 bridgehead atoms. The van der Waals surface area contributed by atoms with Gasteiger partial charge in [0.15, 0.2) is 11.1 Å². The molecule has 0 aliphatic carbocycles. The lowest BCUT2D eigenvalue weighted by Gasteiger charge is -1.95. The van der Waals surface area contributed by atoms with Crippen molar-refractivity contribution in [1.82, 2.24) is 24.8 Å². The van der Waals surface area contributed by atoms with Crippen molar-refractivity contribution in [2.24, 2.45) is 4.99 Å². The Morgan fingerprint density at radius 3 is 2.92 bits per heavy atom. The second kappa shape index (κ2) is 6.03. The van der Waals surface area contributed by atoms with Crippen LogP contribution in [0.2, 0.25) is 5.02 Å². The second-order valence-electron chi connectivity index (χ2n) is 5.51. The van der Waals surface area contributed by atoms with Crippen molar-refractivity contribution in [2.75, 3.05) is 0 Å². The van der Waals surface area contributed by atoms with Gasteiger partial charge in [-0.3, -0.25) is 9.89 Å². The topological polar surface area (TPSA) is 91.2 Å². The lowest BCUT2D eigenvalue weighted by molar-refractivity contribution is 0.923. The fourth-order valence-electron chi connectivity index (χ4n) is 2.50. The minimum atomic E-state index is -0.184. The van der Waals surface area contributed by atoms with E-state index in [0.29, 0.717) is 27.4 Å². The summed E-state index contributed by atoms with van der Waals surface area (Å²) in [6.07, 6.45) is 5.19. The van der Waals surface area contributed by atoms with Gasteiger partial charge in [-0.2, -0.15) is 5.10 Å². The summed E-state index contributed by atoms with van der Waals surface area (Å²) in [7, 11) is 0. The van der Waals surface area contributed by atoms with Gasteiger partial charge in [-0.25, -0.2) is 14.5 Å². The van der Waals surface area contributed by atoms with Crippen LogP contribution in [0, 0.1) is 6.92 Å². The molecule has 0 unspecified atom stereocenters. The molecule has 0 saturated carbocycles. The van der Waals surface area contributed by atoms with E-state index in [4.69, 9.17) is 11.6 Å². The van der Waals surface area contributed by atoms with E-state index in [0.717, 1.165) is 10.9 Å². The molecule has 3 heterocycles. The normalized spacial score (nSPS) is 13.0. The molecule has 0 aliphatic rings. The molecular weight excluding hydrogens is 340 g/mol. The zero-order chi connectivity index (χ0) is 17.4. The maximum Gasteiger partial charge on any atom is 0.271 e. The summed E-state index contributed by atoms with van der Waals surface area (Å²) < 4.78 is 1.64. The van der Waals surface area contributed by atoms with Crippen molar-refractivity contribution in [1.29, 1.82) is 0 Å². The number of hydrogen-bond donors (Lipinski definition) is 2. The monoisotopic (exact) mass is 352 g/mol. The van der Waals surface area contributed by atoms with Gasteiger partial charge in [0, 0.05) is 28.2 Å². The first-order valence-electron chi connectivity index (χ1n) is 7.54. The van der Waals surface area contributed by atoms with Gasteiger partial charge in [0.1, 0.15) is 0 Å². The molecule has 2 N–H and O–H groups in total. The minimum Gasteiger partial charge on any atom is -0.302 e. The molecule has 0 fully saturated rings. The first-order valence-corrected chi connectivity index (χ1v) is 7.91. The van der Waals surface area contributed by atoms with Gasteiger partial charge in [0.25, 0.3) is 5.56 Å². The molecule has 4 rings (SSSR count). The largest absolute Gasteiger partial charge is 0.302 e. The summed E-state index contributed by atoms with van der Waals surface area (Å²) in [5.41, 5.74) is 2.98. The maximum atomic E-state index is 11.8. The van der Waals surface area contributed by atoms with E-state index in [1.54, 1.807) is 41.2 Å². The number of benzene rings is 1. The van der Waals surface area contributed by atoms with Crippen LogP contribution >= 0.6 is 11.6 Å². The Balaban J connectivity index is 1.90. The van der Waals surface area contributed by atoms with Crippen molar-refractivity contribution >= 4 is 29.0 Å². The van der Waals surface area contributed by atoms with Crippen LogP contribution in [-0.4, -0.2) is 24.8 Å². The molecule has 7 nitrogen and oxygen atoms in total. The number of nitrogens with zero attached hydrogens (tertiary/aromatic N) is 4. The Morgan fingerprint density at radius 1 is 1.28 bits per heavy atom. The van der Waals surface area contributed by atoms with Gasteiger partial charge >= 0.3 is 0 Å². The second-order valence-corrected chi connectivity index (χ2v) is 5.94. The van der Waals surface area contributed by atoms with Crippen LogP contribution in [0.5, 0.6) is 0 Å². The fourth-order valence-corrected chi connectivity index (χ4v) is 2.69. The number of hydrogen-bond acceptors (Lipinski definition) is 4. The molecule has 1 aromatic carbocycles. The minimum absolute atomic E-state index is 0.184. The SMILES string of the molecule is Cc1[nH][nH]c(=O)c1/C=c1\cnn2ccc(=Nc3cccc(Cl)c3)nc12. The van der Waals surface area contributed by atoms with E-state index in [9.17, 15) is 4.79 Å². The molecule has 0 radical (unpaired) electrons. The molecule has 0 saturated heterocycles. The summed E-state index contributed by atoms with van der Waals surface area (Å²) in [5, 5.41) is 11.0. The van der Waals surface area contributed by atoms with Crippen LogP contribution in [0.4, 0.5) is 5.69 Å². The number of aromatic amines is 2. The highest BCUT2D eigenvalue weighted by Crippen LogP contribution is 2.16. The lowest BCUT2D eigenvalue weighted by atomic mass is 10.2. The van der Waals surface area contributed by atoms with E-state index >= 15 is 0 Å². The maximum absolute atomic E-state index is 11.8. The molecule has 124 valence electrons. The molecule has 3 aromatic heterocycles. The van der Waals surface area contributed by atoms with Crippen LogP contribution in [0.25, 0.3) is 11.7 Å². The van der Waals surface area contributed by atoms with Crippen LogP contribution < -0.4 is 16.3 Å². The first-order chi connectivity index (χ1) is 12.1. The quantitative estimate of drug-likeness (QED) is 0.572. The van der Waals surface area contributed by atoms with Crippen LogP contribution in [0.1, 0.15) is 11.3 Å². The van der Waals surface area contributed by atoms with Gasteiger partial charge in [0.2, 0.25) is 0 Å². The van der Waals surface area contributed by atoms with Gasteiger partial charge < -0.3 is 5.10 Å². The Kier molecular flexibility index (Phi) is 3.70. The summed E-state index contributed by atoms with van der Waals surface area (Å²) in [6.45, 7) is 1.82. The van der Waals surface area contributed by atoms with Crippen LogP contribution in [0.3, 0.4) is 0 Å². The Bertz CT molecular complexity index is 1250. The number of fused-ring (bicyclic) bond motifs is 1. The fraction of sp³-hybridized carbons (Fsp3) is 0.0588. The van der Waals surface area contributed by atoms with Crippen molar-refractivity contribution < 1.29 is 0 Å². The number of aryl methyl sites for hydroxylation is 1. The highest BCUT2D eigenvalue weighted by atomic mass is 35.5. The number of rotatable bonds is 2. The third kappa shape index (κ3) is 2.97. The van der Waals surface area contributed by atoms with Gasteiger partial charge in [-0.1, -0.05) is 17.7 Å². The van der Waals surface area contributed by atoms with E-state index in [1.807, 2.05) is 19.1 Å². The van der Waals surface area contributed by atoms with Crippen molar-refractivity contribution in [3.05, 3.63) is 80.1 Å². The number of aromatic nitrogens is 5. The summed E-state index contributed by atoms with van der Waals surface area (Å²) in [5.74, 6) is 0. The van der Waals surface area contributed by atoms with Gasteiger partial charge in [-0.15, -0.1) is 0 Å². The van der Waals surface area contributed by atoms with Crippen LogP contribution in [-0.2, 0) is 0 Å². The Labute approximate surface area is 146 Å². The summed E-state index contributed by atoms with van der Waals surface area (Å²) >= 11 is 5.99. The number of nitrogens with one attached hydrogen (secondary N) is 2. The standard InChI is InChI=1S/C17H13ClN6O/c1-10-14(17(25)23-22-10)7-11-9-19-24-6-5-15(21-16(11)24)20-13-4-2-3-12(18)8-13/h2-9H,1H3,(H2,22,23,25)/b11-7+,20-15?. The van der Waals surface area contributed by atoms with E-state index in [2.05, 4.69) is 25.3 Å². The summed E-state index contributed by atoms with van der Waals surface area (Å²) in [4.78, 5) is 20.9. The van der Waals surface area contributed by atoms with Crippen LogP contribution in [0.15, 0.2) is 52.5 Å². The van der Waals surface area contributed by atoms with E-state index < -0.39 is 0 Å². The third-order valence-electron chi connectivity index (χ3n) is 3.75. The van der Waals surface area contributed by atoms with Crippen molar-refractivity contribution in [3.8, 4) is 0 Å². The Morgan fingerprint density at radius 2 is 2.16 bits per heavy atom. The average molecular weight is 353 g/mol. The average Bonchev–Trinajstić information content (AvgIpc) is 3.13. The highest BCUT2D eigenvalue weighted by Gasteiger charge is 2.05. The predicted molar refractivity (Wildman–Crippen MR) is 94.6 cm³/mol. The number of halogens is 1. The molecule has 0 atom stereocenters. The molecule has 0 aliphatic heterocycles.